The summed E-state index contributed by atoms with van der Waals surface area (Å²) in [7, 11) is 2.12. The van der Waals surface area contributed by atoms with Crippen molar-refractivity contribution in [1.82, 2.24) is 0 Å². The number of rotatable bonds is 3. The Balaban J connectivity index is 2.46. The second kappa shape index (κ2) is 5.57. The molecule has 0 N–H and O–H groups in total. The van der Waals surface area contributed by atoms with E-state index in [4.69, 9.17) is 0 Å². The van der Waals surface area contributed by atoms with E-state index in [0.29, 0.717) is 0 Å². The molecule has 0 aliphatic carbocycles. The molecular weight excluding hydrogens is 286 g/mol. The van der Waals surface area contributed by atoms with E-state index in [1.165, 1.54) is 28.1 Å². The molecule has 2 heteroatoms. The summed E-state index contributed by atoms with van der Waals surface area (Å²) in [5, 5.41) is 0.875. The van der Waals surface area contributed by atoms with Crippen LogP contribution >= 0.6 is 15.9 Å². The number of hydrogen-bond donors (Lipinski definition) is 0. The van der Waals surface area contributed by atoms with Crippen LogP contribution < -0.4 is 4.90 Å². The summed E-state index contributed by atoms with van der Waals surface area (Å²) in [6, 6.07) is 15.1. The lowest BCUT2D eigenvalue weighted by atomic mass is 10.1. The van der Waals surface area contributed by atoms with E-state index >= 15 is 0 Å². The first kappa shape index (κ1) is 13.2. The van der Waals surface area contributed by atoms with E-state index in [1.807, 2.05) is 0 Å². The van der Waals surface area contributed by atoms with Gasteiger partial charge in [0.15, 0.2) is 0 Å². The van der Waals surface area contributed by atoms with Gasteiger partial charge in [0.05, 0.1) is 0 Å². The second-order valence-electron chi connectivity index (χ2n) is 4.61. The number of anilines is 2. The van der Waals surface area contributed by atoms with Crippen LogP contribution in [0.15, 0.2) is 42.5 Å². The van der Waals surface area contributed by atoms with E-state index in [2.05, 4.69) is 84.2 Å². The van der Waals surface area contributed by atoms with Gasteiger partial charge in [-0.15, -0.1) is 0 Å². The van der Waals surface area contributed by atoms with Crippen molar-refractivity contribution in [1.29, 1.82) is 0 Å². The Labute approximate surface area is 118 Å². The largest absolute Gasteiger partial charge is 0.344 e. The van der Waals surface area contributed by atoms with E-state index in [1.54, 1.807) is 0 Å². The molecule has 0 aromatic heterocycles. The predicted molar refractivity (Wildman–Crippen MR) is 83.1 cm³/mol. The molecule has 0 heterocycles. The average molecular weight is 304 g/mol. The molecule has 0 unspecified atom stereocenters. The van der Waals surface area contributed by atoms with Crippen molar-refractivity contribution in [3.05, 3.63) is 59.2 Å². The summed E-state index contributed by atoms with van der Waals surface area (Å²) >= 11 is 3.58. The standard InChI is InChI=1S/C16H18BrN/c1-12-8-9-16(14(10-12)11-17)18(3)15-7-5-4-6-13(15)2/h4-10H,11H2,1-3H3. The van der Waals surface area contributed by atoms with Gasteiger partial charge >= 0.3 is 0 Å². The molecule has 2 aromatic carbocycles. The normalized spacial score (nSPS) is 10.4. The SMILES string of the molecule is Cc1ccc(N(C)c2ccccc2C)c(CBr)c1. The Hall–Kier alpha value is -1.28. The van der Waals surface area contributed by atoms with Crippen LogP contribution in [0, 0.1) is 13.8 Å². The molecule has 0 bridgehead atoms. The fourth-order valence-corrected chi connectivity index (χ4v) is 2.67. The first-order chi connectivity index (χ1) is 8.63. The Bertz CT molecular complexity index is 549. The van der Waals surface area contributed by atoms with Crippen LogP contribution in [0.2, 0.25) is 0 Å². The molecule has 2 rings (SSSR count). The highest BCUT2D eigenvalue weighted by Gasteiger charge is 2.10. The van der Waals surface area contributed by atoms with Crippen molar-refractivity contribution in [2.75, 3.05) is 11.9 Å². The van der Waals surface area contributed by atoms with Gasteiger partial charge < -0.3 is 4.90 Å². The molecule has 0 fully saturated rings. The summed E-state index contributed by atoms with van der Waals surface area (Å²) in [4.78, 5) is 2.26. The number of alkyl halides is 1. The smallest absolute Gasteiger partial charge is 0.0449 e. The maximum absolute atomic E-state index is 3.58. The number of benzene rings is 2. The average Bonchev–Trinajstić information content (AvgIpc) is 2.38. The highest BCUT2D eigenvalue weighted by atomic mass is 79.9. The van der Waals surface area contributed by atoms with Crippen LogP contribution in [0.1, 0.15) is 16.7 Å². The molecule has 1 nitrogen and oxygen atoms in total. The molecule has 18 heavy (non-hydrogen) atoms. The number of halogens is 1. The van der Waals surface area contributed by atoms with Gasteiger partial charge in [-0.2, -0.15) is 0 Å². The van der Waals surface area contributed by atoms with Gasteiger partial charge in [-0.05, 0) is 37.1 Å². The maximum atomic E-state index is 3.58. The first-order valence-electron chi connectivity index (χ1n) is 6.08. The summed E-state index contributed by atoms with van der Waals surface area (Å²) in [5.41, 5.74) is 6.42. The number of hydrogen-bond acceptors (Lipinski definition) is 1. The monoisotopic (exact) mass is 303 g/mol. The number of para-hydroxylation sites is 1. The van der Waals surface area contributed by atoms with Crippen molar-refractivity contribution in [3.63, 3.8) is 0 Å². The molecule has 0 radical (unpaired) electrons. The Morgan fingerprint density at radius 1 is 1.00 bits per heavy atom. The summed E-state index contributed by atoms with van der Waals surface area (Å²) in [6.45, 7) is 4.28. The van der Waals surface area contributed by atoms with Crippen molar-refractivity contribution in [3.8, 4) is 0 Å². The maximum Gasteiger partial charge on any atom is 0.0449 e. The van der Waals surface area contributed by atoms with Crippen LogP contribution in [-0.4, -0.2) is 7.05 Å². The Morgan fingerprint density at radius 3 is 2.39 bits per heavy atom. The number of nitrogens with zero attached hydrogens (tertiary/aromatic N) is 1. The fourth-order valence-electron chi connectivity index (χ4n) is 2.22. The van der Waals surface area contributed by atoms with E-state index < -0.39 is 0 Å². The van der Waals surface area contributed by atoms with Crippen LogP contribution in [0.5, 0.6) is 0 Å². The minimum Gasteiger partial charge on any atom is -0.344 e. The Morgan fingerprint density at radius 2 is 1.72 bits per heavy atom. The van der Waals surface area contributed by atoms with E-state index in [-0.39, 0.29) is 0 Å². The first-order valence-corrected chi connectivity index (χ1v) is 7.20. The van der Waals surface area contributed by atoms with Crippen molar-refractivity contribution in [2.24, 2.45) is 0 Å². The van der Waals surface area contributed by atoms with Crippen molar-refractivity contribution in [2.45, 2.75) is 19.2 Å². The van der Waals surface area contributed by atoms with Gasteiger partial charge in [-0.3, -0.25) is 0 Å². The third-order valence-corrected chi connectivity index (χ3v) is 3.82. The summed E-state index contributed by atoms with van der Waals surface area (Å²) in [6.07, 6.45) is 0. The minimum atomic E-state index is 0.875. The molecule has 0 saturated carbocycles. The molecule has 0 aliphatic rings. The van der Waals surface area contributed by atoms with Crippen LogP contribution in [0.4, 0.5) is 11.4 Å². The quantitative estimate of drug-likeness (QED) is 0.724. The van der Waals surface area contributed by atoms with Gasteiger partial charge in [-0.25, -0.2) is 0 Å². The van der Waals surface area contributed by atoms with Crippen molar-refractivity contribution >= 4 is 27.3 Å². The molecular formula is C16H18BrN. The lowest BCUT2D eigenvalue weighted by Crippen LogP contribution is -2.12. The van der Waals surface area contributed by atoms with Gasteiger partial charge in [0.25, 0.3) is 0 Å². The van der Waals surface area contributed by atoms with Gasteiger partial charge in [0.2, 0.25) is 0 Å². The molecule has 0 atom stereocenters. The van der Waals surface area contributed by atoms with E-state index in [9.17, 15) is 0 Å². The third-order valence-electron chi connectivity index (χ3n) is 3.22. The summed E-state index contributed by atoms with van der Waals surface area (Å²) in [5.74, 6) is 0. The molecule has 0 saturated heterocycles. The fraction of sp³-hybridized carbons (Fsp3) is 0.250. The third kappa shape index (κ3) is 2.59. The topological polar surface area (TPSA) is 3.24 Å². The zero-order valence-electron chi connectivity index (χ0n) is 11.1. The van der Waals surface area contributed by atoms with Crippen molar-refractivity contribution < 1.29 is 0 Å². The summed E-state index contributed by atoms with van der Waals surface area (Å²) < 4.78 is 0. The zero-order valence-corrected chi connectivity index (χ0v) is 12.7. The lowest BCUT2D eigenvalue weighted by Gasteiger charge is -2.24. The highest BCUT2D eigenvalue weighted by Crippen LogP contribution is 2.30. The van der Waals surface area contributed by atoms with Crippen LogP contribution in [-0.2, 0) is 5.33 Å². The number of aryl methyl sites for hydroxylation is 2. The molecule has 0 spiro atoms. The zero-order chi connectivity index (χ0) is 13.1. The second-order valence-corrected chi connectivity index (χ2v) is 5.17. The van der Waals surface area contributed by atoms with Crippen LogP contribution in [0.3, 0.4) is 0 Å². The predicted octanol–water partition coefficient (Wildman–Crippen LogP) is 4.97. The van der Waals surface area contributed by atoms with Gasteiger partial charge in [0.1, 0.15) is 0 Å². The van der Waals surface area contributed by atoms with Gasteiger partial charge in [-0.1, -0.05) is 51.8 Å². The van der Waals surface area contributed by atoms with E-state index in [0.717, 1.165) is 5.33 Å². The Kier molecular flexibility index (Phi) is 4.07. The molecule has 2 aromatic rings. The minimum absolute atomic E-state index is 0.875. The highest BCUT2D eigenvalue weighted by molar-refractivity contribution is 9.08. The molecule has 0 amide bonds. The van der Waals surface area contributed by atoms with Gasteiger partial charge in [0, 0.05) is 23.8 Å². The van der Waals surface area contributed by atoms with Crippen LogP contribution in [0.25, 0.3) is 0 Å². The molecule has 0 aliphatic heterocycles. The molecule has 94 valence electrons. The lowest BCUT2D eigenvalue weighted by molar-refractivity contribution is 1.16.